The van der Waals surface area contributed by atoms with Crippen molar-refractivity contribution in [3.05, 3.63) is 254 Å². The number of nitriles is 1. The second-order valence-corrected chi connectivity index (χ2v) is 17.0. The van der Waals surface area contributed by atoms with Crippen LogP contribution in [-0.2, 0) is 0 Å². The monoisotopic (exact) mass is 857 g/mol. The van der Waals surface area contributed by atoms with Crippen LogP contribution >= 0.6 is 0 Å². The number of hydrogen-bond acceptors (Lipinski definition) is 3. The van der Waals surface area contributed by atoms with Gasteiger partial charge in [0.25, 0.3) is 0 Å². The van der Waals surface area contributed by atoms with Gasteiger partial charge >= 0.3 is 0 Å². The molecule has 0 fully saturated rings. The summed E-state index contributed by atoms with van der Waals surface area (Å²) in [6.45, 7) is 2.15. The number of aromatic nitrogens is 2. The van der Waals surface area contributed by atoms with Crippen LogP contribution < -0.4 is 9.80 Å². The topological polar surface area (TPSA) is 40.1 Å². The number of hydrogen-bond donors (Lipinski definition) is 0. The summed E-state index contributed by atoms with van der Waals surface area (Å²) in [7, 11) is 0. The lowest BCUT2D eigenvalue weighted by molar-refractivity contribution is 1.15. The van der Waals surface area contributed by atoms with E-state index in [4.69, 9.17) is 0 Å². The van der Waals surface area contributed by atoms with Crippen LogP contribution in [0.5, 0.6) is 0 Å². The van der Waals surface area contributed by atoms with E-state index in [0.29, 0.717) is 5.56 Å². The summed E-state index contributed by atoms with van der Waals surface area (Å²) in [6.07, 6.45) is 0. The van der Waals surface area contributed by atoms with Crippen molar-refractivity contribution in [1.82, 2.24) is 9.13 Å². The smallest absolute Gasteiger partial charge is 0.0991 e. The summed E-state index contributed by atoms with van der Waals surface area (Å²) in [6, 6.07) is 88.5. The SMILES string of the molecule is Cc1ccc(-c2cc(C#N)ccc2-n2c3ccccc3c3cc(N(c4ccccc4)c4ccccc4)ccc32)c(-n2c3ccccc3c3cc(N(c4ccccc4)c4ccccc4)ccc32)c1. The van der Waals surface area contributed by atoms with Gasteiger partial charge < -0.3 is 18.9 Å². The number of aryl methyl sites for hydroxylation is 1. The van der Waals surface area contributed by atoms with E-state index in [0.717, 1.165) is 106 Å². The van der Waals surface area contributed by atoms with E-state index in [1.54, 1.807) is 0 Å². The maximum Gasteiger partial charge on any atom is 0.0991 e. The van der Waals surface area contributed by atoms with Crippen molar-refractivity contribution in [2.75, 3.05) is 9.80 Å². The molecule has 0 bridgehead atoms. The highest BCUT2D eigenvalue weighted by Gasteiger charge is 2.23. The van der Waals surface area contributed by atoms with Gasteiger partial charge in [-0.2, -0.15) is 5.26 Å². The zero-order chi connectivity index (χ0) is 44.8. The second kappa shape index (κ2) is 16.5. The van der Waals surface area contributed by atoms with E-state index >= 15 is 0 Å². The Bertz CT molecular complexity index is 3750. The molecule has 0 saturated heterocycles. The van der Waals surface area contributed by atoms with Crippen LogP contribution in [0, 0.1) is 18.3 Å². The minimum absolute atomic E-state index is 0.600. The van der Waals surface area contributed by atoms with E-state index in [9.17, 15) is 5.26 Å². The van der Waals surface area contributed by atoms with Gasteiger partial charge in [-0.25, -0.2) is 0 Å². The zero-order valence-corrected chi connectivity index (χ0v) is 36.8. The molecule has 316 valence electrons. The van der Waals surface area contributed by atoms with Crippen LogP contribution in [0.1, 0.15) is 11.1 Å². The Morgan fingerprint density at radius 3 is 1.21 bits per heavy atom. The first-order valence-electron chi connectivity index (χ1n) is 22.7. The summed E-state index contributed by atoms with van der Waals surface area (Å²) in [5.41, 5.74) is 16.7. The number of para-hydroxylation sites is 6. The molecule has 0 N–H and O–H groups in total. The minimum atomic E-state index is 0.600. The summed E-state index contributed by atoms with van der Waals surface area (Å²) < 4.78 is 4.79. The predicted molar refractivity (Wildman–Crippen MR) is 279 cm³/mol. The first kappa shape index (κ1) is 39.5. The molecular formula is C62H43N5. The Kier molecular flexibility index (Phi) is 9.70. The van der Waals surface area contributed by atoms with Crippen LogP contribution in [0.25, 0.3) is 66.1 Å². The van der Waals surface area contributed by atoms with Gasteiger partial charge in [0.15, 0.2) is 0 Å². The number of rotatable bonds is 9. The molecule has 0 aliphatic rings. The van der Waals surface area contributed by atoms with Crippen LogP contribution in [0.3, 0.4) is 0 Å². The molecular weight excluding hydrogens is 815 g/mol. The van der Waals surface area contributed by atoms with E-state index < -0.39 is 0 Å². The van der Waals surface area contributed by atoms with Crippen LogP contribution in [0.4, 0.5) is 34.1 Å². The lowest BCUT2D eigenvalue weighted by Crippen LogP contribution is -2.09. The first-order valence-corrected chi connectivity index (χ1v) is 22.7. The molecule has 2 aromatic heterocycles. The maximum atomic E-state index is 10.5. The quantitative estimate of drug-likeness (QED) is 0.145. The van der Waals surface area contributed by atoms with E-state index in [-0.39, 0.29) is 0 Å². The molecule has 0 aliphatic carbocycles. The molecule has 0 aliphatic heterocycles. The van der Waals surface area contributed by atoms with E-state index in [1.807, 2.05) is 6.07 Å². The zero-order valence-electron chi connectivity index (χ0n) is 36.8. The Hall–Kier alpha value is -9.11. The number of anilines is 6. The fourth-order valence-electron chi connectivity index (χ4n) is 9.99. The van der Waals surface area contributed by atoms with Gasteiger partial charge in [-0.05, 0) is 134 Å². The van der Waals surface area contributed by atoms with Crippen molar-refractivity contribution in [1.29, 1.82) is 5.26 Å². The van der Waals surface area contributed by atoms with Crippen LogP contribution in [-0.4, -0.2) is 9.13 Å². The fraction of sp³-hybridized carbons (Fsp3) is 0.0161. The van der Waals surface area contributed by atoms with Crippen molar-refractivity contribution in [3.8, 4) is 28.6 Å². The van der Waals surface area contributed by atoms with Crippen LogP contribution in [0.15, 0.2) is 243 Å². The van der Waals surface area contributed by atoms with Gasteiger partial charge in [0.1, 0.15) is 0 Å². The van der Waals surface area contributed by atoms with Crippen molar-refractivity contribution in [3.63, 3.8) is 0 Å². The molecule has 5 nitrogen and oxygen atoms in total. The second-order valence-electron chi connectivity index (χ2n) is 17.0. The Balaban J connectivity index is 1.07. The van der Waals surface area contributed by atoms with Crippen molar-refractivity contribution < 1.29 is 0 Å². The van der Waals surface area contributed by atoms with Gasteiger partial charge in [-0.15, -0.1) is 0 Å². The highest BCUT2D eigenvalue weighted by molar-refractivity contribution is 6.13. The summed E-state index contributed by atoms with van der Waals surface area (Å²) in [5.74, 6) is 0. The molecule has 67 heavy (non-hydrogen) atoms. The predicted octanol–water partition coefficient (Wildman–Crippen LogP) is 16.7. The summed E-state index contributed by atoms with van der Waals surface area (Å²) in [4.78, 5) is 4.63. The normalized spacial score (nSPS) is 11.3. The third-order valence-corrected chi connectivity index (χ3v) is 12.9. The van der Waals surface area contributed by atoms with Gasteiger partial charge in [0.05, 0.1) is 45.1 Å². The average Bonchev–Trinajstić information content (AvgIpc) is 3.90. The Morgan fingerprint density at radius 1 is 0.328 bits per heavy atom. The lowest BCUT2D eigenvalue weighted by atomic mass is 9.97. The fourth-order valence-corrected chi connectivity index (χ4v) is 9.99. The van der Waals surface area contributed by atoms with E-state index in [2.05, 4.69) is 269 Å². The highest BCUT2D eigenvalue weighted by atomic mass is 15.1. The van der Waals surface area contributed by atoms with Gasteiger partial charge in [0, 0.05) is 66.8 Å². The lowest BCUT2D eigenvalue weighted by Gasteiger charge is -2.25. The first-order chi connectivity index (χ1) is 33.1. The standard InChI is InChI=1S/C62H43N5/c1-43-30-34-53(62(38-43)67-58-29-17-15-27-52(58)56-41-50(33-37-61(56)67)65(47-22-10-4-11-23-47)48-24-12-5-13-25-48)54-39-44(42-63)31-35-59(54)66-57-28-16-14-26-51(57)55-40-49(32-36-60(55)66)64(45-18-6-2-7-19-45)46-20-8-3-9-21-46/h2-41H,1H3. The largest absolute Gasteiger partial charge is 0.310 e. The number of benzene rings is 10. The maximum absolute atomic E-state index is 10.5. The van der Waals surface area contributed by atoms with Crippen LogP contribution in [0.2, 0.25) is 0 Å². The molecule has 12 aromatic rings. The molecule has 12 rings (SSSR count). The Labute approximate surface area is 389 Å². The van der Waals surface area contributed by atoms with E-state index in [1.165, 1.54) is 0 Å². The van der Waals surface area contributed by atoms with Crippen molar-refractivity contribution in [2.24, 2.45) is 0 Å². The Morgan fingerprint density at radius 2 is 0.746 bits per heavy atom. The van der Waals surface area contributed by atoms with Gasteiger partial charge in [0.2, 0.25) is 0 Å². The molecule has 2 heterocycles. The van der Waals surface area contributed by atoms with Gasteiger partial charge in [-0.1, -0.05) is 121 Å². The summed E-state index contributed by atoms with van der Waals surface area (Å²) >= 11 is 0. The van der Waals surface area contributed by atoms with Crippen molar-refractivity contribution in [2.45, 2.75) is 6.92 Å². The van der Waals surface area contributed by atoms with Crippen molar-refractivity contribution >= 4 is 77.7 Å². The summed E-state index contributed by atoms with van der Waals surface area (Å²) in [5, 5.41) is 15.1. The molecule has 0 amide bonds. The van der Waals surface area contributed by atoms with Gasteiger partial charge in [-0.3, -0.25) is 0 Å². The molecule has 0 radical (unpaired) electrons. The molecule has 10 aromatic carbocycles. The minimum Gasteiger partial charge on any atom is -0.310 e. The molecule has 5 heteroatoms. The molecule has 0 saturated carbocycles. The molecule has 0 atom stereocenters. The number of fused-ring (bicyclic) bond motifs is 6. The third kappa shape index (κ3) is 6.79. The third-order valence-electron chi connectivity index (χ3n) is 12.9. The highest BCUT2D eigenvalue weighted by Crippen LogP contribution is 2.45. The molecule has 0 unspecified atom stereocenters. The number of nitrogens with zero attached hydrogens (tertiary/aromatic N) is 5. The molecule has 0 spiro atoms. The average molecular weight is 858 g/mol.